The average molecular weight is 398 g/mol. The Balaban J connectivity index is 1.55. The molecule has 3 aromatic carbocycles. The van der Waals surface area contributed by atoms with Gasteiger partial charge in [0.2, 0.25) is 0 Å². The normalized spacial score (nSPS) is 11.1. The van der Waals surface area contributed by atoms with Crippen molar-refractivity contribution in [2.24, 2.45) is 0 Å². The van der Waals surface area contributed by atoms with E-state index in [4.69, 9.17) is 21.1 Å². The van der Waals surface area contributed by atoms with E-state index in [-0.39, 0.29) is 0 Å². The Morgan fingerprint density at radius 2 is 1.64 bits per heavy atom. The number of esters is 1. The highest BCUT2D eigenvalue weighted by atomic mass is 35.5. The zero-order chi connectivity index (χ0) is 20.1. The van der Waals surface area contributed by atoms with Gasteiger partial charge < -0.3 is 14.8 Å². The van der Waals surface area contributed by atoms with Gasteiger partial charge in [-0.3, -0.25) is 4.79 Å². The van der Waals surface area contributed by atoms with E-state index in [1.165, 1.54) is 0 Å². The lowest BCUT2D eigenvalue weighted by Crippen LogP contribution is -2.41. The minimum Gasteiger partial charge on any atom is -0.476 e. The summed E-state index contributed by atoms with van der Waals surface area (Å²) in [6.45, 7) is 2.75. The number of rotatable bonds is 6. The summed E-state index contributed by atoms with van der Waals surface area (Å²) in [4.78, 5) is 24.4. The van der Waals surface area contributed by atoms with E-state index in [0.717, 1.165) is 10.8 Å². The SMILES string of the molecule is CC(C)(Oc1ccc(Cl)cc1)C(=O)OCC(=O)Nc1ccc2ccccc2c1. The highest BCUT2D eigenvalue weighted by Gasteiger charge is 2.32. The summed E-state index contributed by atoms with van der Waals surface area (Å²) in [5.41, 5.74) is -0.617. The molecule has 28 heavy (non-hydrogen) atoms. The molecule has 3 rings (SSSR count). The molecule has 0 radical (unpaired) electrons. The second-order valence-corrected chi connectivity index (χ2v) is 7.19. The molecule has 0 aliphatic carbocycles. The molecule has 144 valence electrons. The molecule has 0 bridgehead atoms. The predicted octanol–water partition coefficient (Wildman–Crippen LogP) is 4.83. The smallest absolute Gasteiger partial charge is 0.350 e. The summed E-state index contributed by atoms with van der Waals surface area (Å²) < 4.78 is 10.8. The van der Waals surface area contributed by atoms with Gasteiger partial charge in [0.15, 0.2) is 12.2 Å². The number of anilines is 1. The van der Waals surface area contributed by atoms with Gasteiger partial charge in [0.25, 0.3) is 5.91 Å². The van der Waals surface area contributed by atoms with Crippen LogP contribution < -0.4 is 10.1 Å². The monoisotopic (exact) mass is 397 g/mol. The molecular formula is C22H20ClNO4. The molecule has 0 unspecified atom stereocenters. The summed E-state index contributed by atoms with van der Waals surface area (Å²) in [6, 6.07) is 20.1. The minimum absolute atomic E-state index is 0.404. The lowest BCUT2D eigenvalue weighted by atomic mass is 10.1. The fourth-order valence-electron chi connectivity index (χ4n) is 2.61. The zero-order valence-electron chi connectivity index (χ0n) is 15.6. The highest BCUT2D eigenvalue weighted by Crippen LogP contribution is 2.22. The maximum absolute atomic E-state index is 12.3. The van der Waals surface area contributed by atoms with Gasteiger partial charge in [0.05, 0.1) is 0 Å². The van der Waals surface area contributed by atoms with Crippen LogP contribution in [0.3, 0.4) is 0 Å². The van der Waals surface area contributed by atoms with E-state index in [1.807, 2.05) is 36.4 Å². The van der Waals surface area contributed by atoms with E-state index in [1.54, 1.807) is 44.2 Å². The van der Waals surface area contributed by atoms with Crippen molar-refractivity contribution in [3.63, 3.8) is 0 Å². The number of carbonyl (C=O) groups excluding carboxylic acids is 2. The third-order valence-corrected chi connectivity index (χ3v) is 4.30. The average Bonchev–Trinajstić information content (AvgIpc) is 2.67. The van der Waals surface area contributed by atoms with Crippen LogP contribution in [0.2, 0.25) is 5.02 Å². The first-order chi connectivity index (χ1) is 13.3. The van der Waals surface area contributed by atoms with Crippen LogP contribution in [0.15, 0.2) is 66.7 Å². The summed E-state index contributed by atoms with van der Waals surface area (Å²) in [6.07, 6.45) is 0. The van der Waals surface area contributed by atoms with E-state index in [0.29, 0.717) is 16.5 Å². The Hall–Kier alpha value is -3.05. The van der Waals surface area contributed by atoms with Crippen molar-refractivity contribution in [1.82, 2.24) is 0 Å². The number of halogens is 1. The summed E-state index contributed by atoms with van der Waals surface area (Å²) in [7, 11) is 0. The number of fused-ring (bicyclic) bond motifs is 1. The molecule has 0 aliphatic heterocycles. The molecule has 0 aromatic heterocycles. The lowest BCUT2D eigenvalue weighted by Gasteiger charge is -2.24. The Labute approximate surface area is 168 Å². The minimum atomic E-state index is -1.25. The van der Waals surface area contributed by atoms with Gasteiger partial charge in [0, 0.05) is 10.7 Å². The fourth-order valence-corrected chi connectivity index (χ4v) is 2.73. The fraction of sp³-hybridized carbons (Fsp3) is 0.182. The number of amides is 1. The molecule has 1 amide bonds. The van der Waals surface area contributed by atoms with Crippen LogP contribution in [0.1, 0.15) is 13.8 Å². The number of nitrogens with one attached hydrogen (secondary N) is 1. The van der Waals surface area contributed by atoms with Gasteiger partial charge >= 0.3 is 5.97 Å². The van der Waals surface area contributed by atoms with E-state index in [9.17, 15) is 9.59 Å². The zero-order valence-corrected chi connectivity index (χ0v) is 16.3. The number of carbonyl (C=O) groups is 2. The second-order valence-electron chi connectivity index (χ2n) is 6.75. The molecule has 3 aromatic rings. The molecular weight excluding hydrogens is 378 g/mol. The van der Waals surface area contributed by atoms with Crippen molar-refractivity contribution in [3.05, 3.63) is 71.8 Å². The Bertz CT molecular complexity index is 999. The quantitative estimate of drug-likeness (QED) is 0.605. The van der Waals surface area contributed by atoms with E-state index >= 15 is 0 Å². The predicted molar refractivity (Wildman–Crippen MR) is 110 cm³/mol. The third kappa shape index (κ3) is 5.02. The molecule has 1 N–H and O–H groups in total. The largest absolute Gasteiger partial charge is 0.476 e. The lowest BCUT2D eigenvalue weighted by molar-refractivity contribution is -0.161. The Kier molecular flexibility index (Phi) is 5.85. The molecule has 0 fully saturated rings. The first-order valence-electron chi connectivity index (χ1n) is 8.74. The molecule has 0 heterocycles. The van der Waals surface area contributed by atoms with Crippen LogP contribution in [0, 0.1) is 0 Å². The number of benzene rings is 3. The van der Waals surface area contributed by atoms with Gasteiger partial charge in [-0.1, -0.05) is 41.9 Å². The van der Waals surface area contributed by atoms with Crippen LogP contribution >= 0.6 is 11.6 Å². The maximum atomic E-state index is 12.3. The number of hydrogen-bond acceptors (Lipinski definition) is 4. The van der Waals surface area contributed by atoms with Crippen LogP contribution in [-0.4, -0.2) is 24.1 Å². The van der Waals surface area contributed by atoms with Crippen molar-refractivity contribution in [3.8, 4) is 5.75 Å². The van der Waals surface area contributed by atoms with Gasteiger partial charge in [-0.25, -0.2) is 4.79 Å². The van der Waals surface area contributed by atoms with E-state index < -0.39 is 24.1 Å². The van der Waals surface area contributed by atoms with Crippen LogP contribution in [-0.2, 0) is 14.3 Å². The summed E-state index contributed by atoms with van der Waals surface area (Å²) in [5, 5.41) is 5.38. The van der Waals surface area contributed by atoms with Crippen molar-refractivity contribution < 1.29 is 19.1 Å². The Morgan fingerprint density at radius 1 is 0.964 bits per heavy atom. The Morgan fingerprint density at radius 3 is 2.36 bits per heavy atom. The van der Waals surface area contributed by atoms with Crippen molar-refractivity contribution in [1.29, 1.82) is 0 Å². The van der Waals surface area contributed by atoms with Crippen molar-refractivity contribution in [2.45, 2.75) is 19.4 Å². The molecule has 0 spiro atoms. The van der Waals surface area contributed by atoms with Crippen LogP contribution in [0.25, 0.3) is 10.8 Å². The summed E-state index contributed by atoms with van der Waals surface area (Å²) >= 11 is 5.84. The number of hydrogen-bond donors (Lipinski definition) is 1. The molecule has 0 atom stereocenters. The summed E-state index contributed by atoms with van der Waals surface area (Å²) in [5.74, 6) is -0.589. The van der Waals surface area contributed by atoms with Crippen LogP contribution in [0.5, 0.6) is 5.75 Å². The van der Waals surface area contributed by atoms with Gasteiger partial charge in [-0.05, 0) is 61.0 Å². The van der Waals surface area contributed by atoms with Crippen molar-refractivity contribution >= 4 is 39.9 Å². The molecule has 0 saturated heterocycles. The highest BCUT2D eigenvalue weighted by molar-refractivity contribution is 6.30. The van der Waals surface area contributed by atoms with E-state index in [2.05, 4.69) is 5.32 Å². The molecule has 0 aliphatic rings. The first kappa shape index (κ1) is 19.7. The van der Waals surface area contributed by atoms with Gasteiger partial charge in [0.1, 0.15) is 5.75 Å². The van der Waals surface area contributed by atoms with Crippen molar-refractivity contribution in [2.75, 3.05) is 11.9 Å². The third-order valence-electron chi connectivity index (χ3n) is 4.05. The standard InChI is InChI=1S/C22H20ClNO4/c1-22(2,28-19-11-8-17(23)9-12-19)21(26)27-14-20(25)24-18-10-7-15-5-3-4-6-16(15)13-18/h3-13H,14H2,1-2H3,(H,24,25). The molecule has 5 nitrogen and oxygen atoms in total. The number of ether oxygens (including phenoxy) is 2. The first-order valence-corrected chi connectivity index (χ1v) is 9.12. The molecule has 6 heteroatoms. The topological polar surface area (TPSA) is 64.6 Å². The van der Waals surface area contributed by atoms with Gasteiger partial charge in [-0.15, -0.1) is 0 Å². The molecule has 0 saturated carbocycles. The maximum Gasteiger partial charge on any atom is 0.350 e. The van der Waals surface area contributed by atoms with Crippen LogP contribution in [0.4, 0.5) is 5.69 Å². The second kappa shape index (κ2) is 8.31. The van der Waals surface area contributed by atoms with Gasteiger partial charge in [-0.2, -0.15) is 0 Å².